The topological polar surface area (TPSA) is 122 Å². The summed E-state index contributed by atoms with van der Waals surface area (Å²) in [6, 6.07) is 2.46. The van der Waals surface area contributed by atoms with Gasteiger partial charge in [-0.1, -0.05) is 13.8 Å². The Hall–Kier alpha value is -2.81. The molecule has 0 spiro atoms. The number of amides is 2. The lowest BCUT2D eigenvalue weighted by atomic mass is 10.0. The zero-order valence-corrected chi connectivity index (χ0v) is 13.9. The number of halogens is 1. The van der Waals surface area contributed by atoms with Crippen molar-refractivity contribution in [3.05, 3.63) is 45.8 Å². The van der Waals surface area contributed by atoms with E-state index in [0.29, 0.717) is 0 Å². The Morgan fingerprint density at radius 3 is 2.60 bits per heavy atom. The van der Waals surface area contributed by atoms with Crippen LogP contribution in [0.4, 0.5) is 10.1 Å². The fourth-order valence-corrected chi connectivity index (χ4v) is 1.97. The molecule has 0 aromatic heterocycles. The predicted octanol–water partition coefficient (Wildman–Crippen LogP) is 0.996. The van der Waals surface area contributed by atoms with Gasteiger partial charge in [-0.05, 0) is 29.7 Å². The van der Waals surface area contributed by atoms with Gasteiger partial charge in [0.15, 0.2) is 0 Å². The summed E-state index contributed by atoms with van der Waals surface area (Å²) < 4.78 is 13.5. The van der Waals surface area contributed by atoms with Crippen molar-refractivity contribution in [3.8, 4) is 0 Å². The largest absolute Gasteiger partial charge is 0.395 e. The van der Waals surface area contributed by atoms with Crippen LogP contribution in [-0.2, 0) is 9.59 Å². The van der Waals surface area contributed by atoms with Gasteiger partial charge in [0.05, 0.1) is 11.5 Å². The van der Waals surface area contributed by atoms with Gasteiger partial charge in [0, 0.05) is 18.7 Å². The third-order valence-corrected chi connectivity index (χ3v) is 3.25. The fraction of sp³-hybridized carbons (Fsp3) is 0.375. The van der Waals surface area contributed by atoms with Gasteiger partial charge in [0.2, 0.25) is 17.6 Å². The van der Waals surface area contributed by atoms with Gasteiger partial charge in [-0.2, -0.15) is 4.39 Å². The minimum Gasteiger partial charge on any atom is -0.395 e. The van der Waals surface area contributed by atoms with Crippen LogP contribution in [0.25, 0.3) is 6.08 Å². The highest BCUT2D eigenvalue weighted by atomic mass is 19.1. The summed E-state index contributed by atoms with van der Waals surface area (Å²) in [6.45, 7) is 3.36. The van der Waals surface area contributed by atoms with Gasteiger partial charge >= 0.3 is 5.69 Å². The summed E-state index contributed by atoms with van der Waals surface area (Å²) in [4.78, 5) is 33.6. The van der Waals surface area contributed by atoms with Crippen LogP contribution >= 0.6 is 0 Å². The quantitative estimate of drug-likeness (QED) is 0.366. The summed E-state index contributed by atoms with van der Waals surface area (Å²) in [6.07, 6.45) is 2.39. The molecule has 25 heavy (non-hydrogen) atoms. The van der Waals surface area contributed by atoms with Crippen molar-refractivity contribution in [1.29, 1.82) is 0 Å². The van der Waals surface area contributed by atoms with Gasteiger partial charge in [0.1, 0.15) is 6.04 Å². The molecule has 1 rings (SSSR count). The number of aliphatic hydroxyl groups excluding tert-OH is 1. The summed E-state index contributed by atoms with van der Waals surface area (Å²) in [5.41, 5.74) is -0.383. The normalized spacial score (nSPS) is 12.2. The Balaban J connectivity index is 2.76. The molecule has 0 fully saturated rings. The number of rotatable bonds is 8. The van der Waals surface area contributed by atoms with Gasteiger partial charge < -0.3 is 15.7 Å². The molecule has 0 bridgehead atoms. The molecule has 0 aliphatic carbocycles. The zero-order valence-electron chi connectivity index (χ0n) is 13.9. The third-order valence-electron chi connectivity index (χ3n) is 3.25. The zero-order chi connectivity index (χ0) is 19.0. The number of nitro groups is 1. The van der Waals surface area contributed by atoms with Crippen LogP contribution in [0.2, 0.25) is 0 Å². The molecule has 136 valence electrons. The van der Waals surface area contributed by atoms with Gasteiger partial charge in [-0.15, -0.1) is 0 Å². The molecule has 0 saturated heterocycles. The molecule has 8 nitrogen and oxygen atoms in total. The van der Waals surface area contributed by atoms with E-state index >= 15 is 0 Å². The highest BCUT2D eigenvalue weighted by molar-refractivity contribution is 5.95. The Bertz CT molecular complexity index is 676. The maximum absolute atomic E-state index is 13.5. The molecular formula is C16H20FN3O5. The van der Waals surface area contributed by atoms with E-state index in [1.807, 2.05) is 0 Å². The van der Waals surface area contributed by atoms with Crippen LogP contribution in [0.1, 0.15) is 19.4 Å². The summed E-state index contributed by atoms with van der Waals surface area (Å²) in [7, 11) is 0. The smallest absolute Gasteiger partial charge is 0.304 e. The molecule has 3 N–H and O–H groups in total. The van der Waals surface area contributed by atoms with Crippen LogP contribution in [0.3, 0.4) is 0 Å². The highest BCUT2D eigenvalue weighted by Gasteiger charge is 2.22. The van der Waals surface area contributed by atoms with E-state index in [4.69, 9.17) is 5.11 Å². The van der Waals surface area contributed by atoms with Crippen molar-refractivity contribution in [3.63, 3.8) is 0 Å². The molecule has 0 aliphatic heterocycles. The first-order chi connectivity index (χ1) is 11.8. The molecule has 0 heterocycles. The second-order valence-corrected chi connectivity index (χ2v) is 5.55. The number of carbonyl (C=O) groups is 2. The molecule has 0 aliphatic rings. The number of hydrogen-bond donors (Lipinski definition) is 3. The Labute approximate surface area is 143 Å². The van der Waals surface area contributed by atoms with E-state index < -0.39 is 34.3 Å². The van der Waals surface area contributed by atoms with Crippen LogP contribution in [-0.4, -0.2) is 41.0 Å². The van der Waals surface area contributed by atoms with Crippen molar-refractivity contribution in [2.24, 2.45) is 5.92 Å². The molecular weight excluding hydrogens is 333 g/mol. The molecule has 2 amide bonds. The average Bonchev–Trinajstić information content (AvgIpc) is 2.55. The highest BCUT2D eigenvalue weighted by Crippen LogP contribution is 2.18. The summed E-state index contributed by atoms with van der Waals surface area (Å²) in [5, 5.41) is 24.3. The first-order valence-electron chi connectivity index (χ1n) is 7.57. The minimum absolute atomic E-state index is 0.0792. The monoisotopic (exact) mass is 353 g/mol. The number of nitro benzene ring substituents is 1. The van der Waals surface area contributed by atoms with E-state index in [0.717, 1.165) is 18.2 Å². The number of aliphatic hydroxyl groups is 1. The standard InChI is InChI=1S/C16H20FN3O5/c1-10(2)15(16(23)18-7-8-21)19-14(22)6-4-11-3-5-13(20(24)25)12(17)9-11/h3-6,9-10,15,21H,7-8H2,1-2H3,(H,18,23)(H,19,22)/b6-4+/t15-/m0/s1. The molecule has 0 radical (unpaired) electrons. The third kappa shape index (κ3) is 6.30. The predicted molar refractivity (Wildman–Crippen MR) is 89.0 cm³/mol. The maximum Gasteiger partial charge on any atom is 0.304 e. The van der Waals surface area contributed by atoms with Crippen molar-refractivity contribution in [2.45, 2.75) is 19.9 Å². The molecule has 9 heteroatoms. The summed E-state index contributed by atoms with van der Waals surface area (Å²) in [5.74, 6) is -2.19. The maximum atomic E-state index is 13.5. The number of hydrogen-bond acceptors (Lipinski definition) is 5. The molecule has 1 aromatic rings. The second kappa shape index (κ2) is 9.48. The van der Waals surface area contributed by atoms with Crippen LogP contribution < -0.4 is 10.6 Å². The van der Waals surface area contributed by atoms with E-state index in [1.54, 1.807) is 13.8 Å². The van der Waals surface area contributed by atoms with Crippen molar-refractivity contribution >= 4 is 23.6 Å². The SMILES string of the molecule is CC(C)[C@H](NC(=O)/C=C/c1ccc([N+](=O)[O-])c(F)c1)C(=O)NCCO. The first-order valence-corrected chi connectivity index (χ1v) is 7.57. The Morgan fingerprint density at radius 1 is 1.40 bits per heavy atom. The van der Waals surface area contributed by atoms with Gasteiger partial charge in [-0.3, -0.25) is 19.7 Å². The van der Waals surface area contributed by atoms with E-state index in [-0.39, 0.29) is 24.6 Å². The number of carbonyl (C=O) groups excluding carboxylic acids is 2. The molecule has 1 atom stereocenters. The lowest BCUT2D eigenvalue weighted by Gasteiger charge is -2.20. The summed E-state index contributed by atoms with van der Waals surface area (Å²) >= 11 is 0. The second-order valence-electron chi connectivity index (χ2n) is 5.55. The van der Waals surface area contributed by atoms with Crippen LogP contribution in [0.5, 0.6) is 0 Å². The minimum atomic E-state index is -1.00. The first kappa shape index (κ1) is 20.2. The molecule has 0 unspecified atom stereocenters. The van der Waals surface area contributed by atoms with Crippen molar-refractivity contribution in [1.82, 2.24) is 10.6 Å². The molecule has 1 aromatic carbocycles. The average molecular weight is 353 g/mol. The molecule has 0 saturated carbocycles. The van der Waals surface area contributed by atoms with Crippen LogP contribution in [0.15, 0.2) is 24.3 Å². The number of benzene rings is 1. The van der Waals surface area contributed by atoms with Gasteiger partial charge in [0.25, 0.3) is 0 Å². The number of nitrogens with one attached hydrogen (secondary N) is 2. The van der Waals surface area contributed by atoms with E-state index in [1.165, 1.54) is 12.1 Å². The van der Waals surface area contributed by atoms with Gasteiger partial charge in [-0.25, -0.2) is 0 Å². The lowest BCUT2D eigenvalue weighted by Crippen LogP contribution is -2.49. The van der Waals surface area contributed by atoms with Crippen LogP contribution in [0, 0.1) is 21.8 Å². The fourth-order valence-electron chi connectivity index (χ4n) is 1.97. The Kier molecular flexibility index (Phi) is 7.67. The number of nitrogens with zero attached hydrogens (tertiary/aromatic N) is 1. The lowest BCUT2D eigenvalue weighted by molar-refractivity contribution is -0.387. The van der Waals surface area contributed by atoms with Crippen molar-refractivity contribution < 1.29 is 24.0 Å². The Morgan fingerprint density at radius 2 is 2.08 bits per heavy atom. The van der Waals surface area contributed by atoms with E-state index in [2.05, 4.69) is 10.6 Å². The van der Waals surface area contributed by atoms with Crippen molar-refractivity contribution in [2.75, 3.05) is 13.2 Å². The van der Waals surface area contributed by atoms with E-state index in [9.17, 15) is 24.1 Å².